The monoisotopic (exact) mass is 696 g/mol. The van der Waals surface area contributed by atoms with E-state index < -0.39 is 0 Å². The molecule has 0 N–H and O–H groups in total. The molecule has 0 bridgehead atoms. The molecule has 0 nitrogen and oxygen atoms in total. The molecule has 0 atom stereocenters. The van der Waals surface area contributed by atoms with Crippen molar-refractivity contribution in [1.29, 1.82) is 0 Å². The van der Waals surface area contributed by atoms with Gasteiger partial charge in [-0.1, -0.05) is 41.5 Å². The first-order valence-electron chi connectivity index (χ1n) is 12.2. The SMILES string of the molecule is [Cl-].[Cl-].[Hf+2]=[C](c1ccccc1)c1ccccc1.[c-]1cccc2c1Cc1ccccc1-2.c1ccc2[cH-]ccc2c1. The average molecular weight is 696 g/mol. The second-order valence-corrected chi connectivity index (χ2v) is 10.5. The molecule has 0 aliphatic heterocycles. The summed E-state index contributed by atoms with van der Waals surface area (Å²) < 4.78 is 1.46. The Morgan fingerprint density at radius 1 is 0.605 bits per heavy atom. The van der Waals surface area contributed by atoms with E-state index in [4.69, 9.17) is 0 Å². The number of hydrogen-bond acceptors (Lipinski definition) is 0. The van der Waals surface area contributed by atoms with Crippen LogP contribution in [0.5, 0.6) is 0 Å². The molecule has 0 aromatic heterocycles. The first kappa shape index (κ1) is 29.6. The summed E-state index contributed by atoms with van der Waals surface area (Å²) >= 11 is 1.08. The minimum absolute atomic E-state index is 0. The van der Waals surface area contributed by atoms with E-state index in [1.165, 1.54) is 47.4 Å². The van der Waals surface area contributed by atoms with Gasteiger partial charge in [0.05, 0.1) is 0 Å². The van der Waals surface area contributed by atoms with E-state index in [-0.39, 0.29) is 24.8 Å². The molecule has 0 saturated heterocycles. The van der Waals surface area contributed by atoms with Crippen molar-refractivity contribution in [2.75, 3.05) is 0 Å². The Balaban J connectivity index is 0.000000157. The van der Waals surface area contributed by atoms with Crippen LogP contribution in [0.3, 0.4) is 0 Å². The minimum atomic E-state index is 0. The fourth-order valence-electron chi connectivity index (χ4n) is 4.44. The van der Waals surface area contributed by atoms with Gasteiger partial charge in [0.1, 0.15) is 0 Å². The molecule has 0 amide bonds. The summed E-state index contributed by atoms with van der Waals surface area (Å²) in [5, 5.41) is 2.66. The maximum atomic E-state index is 3.30. The molecule has 0 fully saturated rings. The van der Waals surface area contributed by atoms with Crippen LogP contribution in [0.1, 0.15) is 22.3 Å². The predicted molar refractivity (Wildman–Crippen MR) is 149 cm³/mol. The average Bonchev–Trinajstić information content (AvgIpc) is 3.59. The largest absolute Gasteiger partial charge is 0.179 e. The second kappa shape index (κ2) is 14.8. The third-order valence-corrected chi connectivity index (χ3v) is 8.36. The van der Waals surface area contributed by atoms with Gasteiger partial charge in [0, 0.05) is 0 Å². The van der Waals surface area contributed by atoms with Crippen molar-refractivity contribution < 1.29 is 48.7 Å². The predicted octanol–water partition coefficient (Wildman–Crippen LogP) is 2.43. The van der Waals surface area contributed by atoms with Crippen molar-refractivity contribution in [3.05, 3.63) is 174 Å². The second-order valence-electron chi connectivity index (χ2n) is 8.66. The first-order chi connectivity index (χ1) is 17.8. The van der Waals surface area contributed by atoms with Crippen LogP contribution >= 0.6 is 0 Å². The van der Waals surface area contributed by atoms with E-state index in [1.807, 2.05) is 6.07 Å². The zero-order valence-electron chi connectivity index (χ0n) is 20.8. The number of fused-ring (bicyclic) bond motifs is 4. The zero-order chi connectivity index (χ0) is 24.6. The molecular formula is C35H26Cl2Hf-2. The molecule has 7 rings (SSSR count). The number of benzene rings is 5. The molecular weight excluding hydrogens is 670 g/mol. The topological polar surface area (TPSA) is 0 Å². The Morgan fingerprint density at radius 3 is 1.87 bits per heavy atom. The van der Waals surface area contributed by atoms with Crippen molar-refractivity contribution in [3.8, 4) is 11.1 Å². The summed E-state index contributed by atoms with van der Waals surface area (Å²) in [5.41, 5.74) is 8.21. The van der Waals surface area contributed by atoms with Crippen LogP contribution in [-0.2, 0) is 30.3 Å². The number of halogens is 2. The van der Waals surface area contributed by atoms with E-state index in [9.17, 15) is 0 Å². The maximum absolute atomic E-state index is 3.30. The van der Waals surface area contributed by atoms with Crippen molar-refractivity contribution in [2.24, 2.45) is 0 Å². The first-order valence-corrected chi connectivity index (χ1v) is 14.0. The molecule has 0 spiro atoms. The van der Waals surface area contributed by atoms with Gasteiger partial charge in [-0.2, -0.15) is 47.3 Å². The van der Waals surface area contributed by atoms with Gasteiger partial charge in [-0.25, -0.2) is 0 Å². The summed E-state index contributed by atoms with van der Waals surface area (Å²) in [4.78, 5) is 0. The molecule has 186 valence electrons. The third kappa shape index (κ3) is 7.32. The van der Waals surface area contributed by atoms with Gasteiger partial charge in [0.2, 0.25) is 0 Å². The van der Waals surface area contributed by atoms with Crippen molar-refractivity contribution >= 4 is 14.0 Å². The van der Waals surface area contributed by atoms with Gasteiger partial charge in [-0.15, -0.1) is 35.2 Å². The van der Waals surface area contributed by atoms with Crippen LogP contribution in [-0.4, -0.2) is 3.26 Å². The van der Waals surface area contributed by atoms with E-state index in [0.717, 1.165) is 30.3 Å². The van der Waals surface area contributed by atoms with Crippen LogP contribution in [0.25, 0.3) is 21.9 Å². The quantitative estimate of drug-likeness (QED) is 0.193. The van der Waals surface area contributed by atoms with Crippen LogP contribution in [0.4, 0.5) is 0 Å². The van der Waals surface area contributed by atoms with Crippen molar-refractivity contribution in [2.45, 2.75) is 6.42 Å². The van der Waals surface area contributed by atoms with Gasteiger partial charge in [0.25, 0.3) is 0 Å². The van der Waals surface area contributed by atoms with Crippen molar-refractivity contribution in [1.82, 2.24) is 0 Å². The Kier molecular flexibility index (Phi) is 11.5. The zero-order valence-corrected chi connectivity index (χ0v) is 25.9. The molecule has 0 saturated carbocycles. The molecule has 1 aliphatic carbocycles. The van der Waals surface area contributed by atoms with E-state index in [1.54, 1.807) is 0 Å². The van der Waals surface area contributed by atoms with Gasteiger partial charge < -0.3 is 24.8 Å². The van der Waals surface area contributed by atoms with Gasteiger partial charge in [-0.05, 0) is 6.42 Å². The number of hydrogen-bond donors (Lipinski definition) is 0. The molecule has 38 heavy (non-hydrogen) atoms. The van der Waals surface area contributed by atoms with E-state index in [2.05, 4.69) is 146 Å². The van der Waals surface area contributed by atoms with Crippen LogP contribution in [0.15, 0.2) is 146 Å². The smallest absolute Gasteiger partial charge is 0.0253 e. The summed E-state index contributed by atoms with van der Waals surface area (Å²) in [6, 6.07) is 54.0. The van der Waals surface area contributed by atoms with E-state index in [0.29, 0.717) is 0 Å². The summed E-state index contributed by atoms with van der Waals surface area (Å²) in [6.07, 6.45) is 1.05. The van der Waals surface area contributed by atoms with Crippen LogP contribution in [0.2, 0.25) is 0 Å². The summed E-state index contributed by atoms with van der Waals surface area (Å²) in [5.74, 6) is 0. The van der Waals surface area contributed by atoms with Gasteiger partial charge in [-0.3, -0.25) is 0 Å². The fourth-order valence-corrected chi connectivity index (χ4v) is 5.64. The maximum Gasteiger partial charge on any atom is -0.0253 e. The fraction of sp³-hybridized carbons (Fsp3) is 0.0286. The molecule has 0 radical (unpaired) electrons. The Labute approximate surface area is 252 Å². The van der Waals surface area contributed by atoms with Crippen molar-refractivity contribution in [3.63, 3.8) is 0 Å². The molecule has 0 heterocycles. The Bertz CT molecular complexity index is 1450. The molecule has 6 aromatic carbocycles. The summed E-state index contributed by atoms with van der Waals surface area (Å²) in [7, 11) is 0. The Hall–Kier alpha value is -2.97. The van der Waals surface area contributed by atoms with Gasteiger partial charge in [0.15, 0.2) is 0 Å². The van der Waals surface area contributed by atoms with Crippen LogP contribution < -0.4 is 24.8 Å². The Morgan fingerprint density at radius 2 is 1.18 bits per heavy atom. The molecule has 0 unspecified atom stereocenters. The third-order valence-electron chi connectivity index (χ3n) is 6.29. The normalized spacial score (nSPS) is 10.3. The van der Waals surface area contributed by atoms with Gasteiger partial charge >= 0.3 is 98.9 Å². The number of rotatable bonds is 2. The molecule has 6 aromatic rings. The van der Waals surface area contributed by atoms with Crippen LogP contribution in [0, 0.1) is 6.07 Å². The minimum Gasteiger partial charge on any atom is -0.179 e. The molecule has 3 heteroatoms. The van der Waals surface area contributed by atoms with E-state index >= 15 is 0 Å². The summed E-state index contributed by atoms with van der Waals surface area (Å²) in [6.45, 7) is 0. The molecule has 1 aliphatic rings. The standard InChI is InChI=1S/C13H9.C13H10.C9H7.2ClH.Hf/c1-3-7-12-10(5-1)9-11-6-2-4-8-13(11)12;1-3-7-12(8-4-1)11-13-9-5-2-6-10-13;1-2-5-9-7-3-6-8(9)4-1;;;/h1-5,7-8H,9H2;1-10H;1-7H;2*1H;/q-1;;-1;;;+2/p-2.